The summed E-state index contributed by atoms with van der Waals surface area (Å²) in [6, 6.07) is 15.2. The lowest BCUT2D eigenvalue weighted by atomic mass is 10.1. The Bertz CT molecular complexity index is 779. The van der Waals surface area contributed by atoms with E-state index >= 15 is 0 Å². The maximum Gasteiger partial charge on any atom is 0.153 e. The van der Waals surface area contributed by atoms with Gasteiger partial charge in [0.15, 0.2) is 6.29 Å². The minimum atomic E-state index is 0.561. The third-order valence-corrected chi connectivity index (χ3v) is 4.05. The van der Waals surface area contributed by atoms with E-state index in [1.54, 1.807) is 23.0 Å². The Kier molecular flexibility index (Phi) is 4.07. The number of hydrogen-bond acceptors (Lipinski definition) is 2. The molecule has 0 aliphatic rings. The molecule has 0 aliphatic carbocycles. The van der Waals surface area contributed by atoms with Crippen molar-refractivity contribution in [3.8, 4) is 16.9 Å². The van der Waals surface area contributed by atoms with Crippen molar-refractivity contribution in [2.45, 2.75) is 0 Å². The maximum atomic E-state index is 11.3. The van der Waals surface area contributed by atoms with Crippen LogP contribution < -0.4 is 0 Å². The van der Waals surface area contributed by atoms with Crippen molar-refractivity contribution in [1.82, 2.24) is 9.78 Å². The Labute approximate surface area is 140 Å². The van der Waals surface area contributed by atoms with Gasteiger partial charge in [0.25, 0.3) is 0 Å². The molecule has 0 aliphatic heterocycles. The predicted octanol–water partition coefficient (Wildman–Crippen LogP) is 4.61. The van der Waals surface area contributed by atoms with E-state index in [2.05, 4.69) is 27.7 Å². The first-order valence-corrected chi connectivity index (χ1v) is 7.70. The second-order valence-corrected chi connectivity index (χ2v) is 6.16. The maximum absolute atomic E-state index is 11.3. The van der Waals surface area contributed by atoms with E-state index in [-0.39, 0.29) is 0 Å². The van der Waals surface area contributed by atoms with Gasteiger partial charge < -0.3 is 0 Å². The molecule has 0 N–H and O–H groups in total. The van der Waals surface area contributed by atoms with Gasteiger partial charge in [0.2, 0.25) is 0 Å². The fourth-order valence-corrected chi connectivity index (χ4v) is 2.52. The number of nitrogens with zero attached hydrogens (tertiary/aromatic N) is 2. The van der Waals surface area contributed by atoms with Gasteiger partial charge in [0.1, 0.15) is 5.69 Å². The Balaban J connectivity index is 2.08. The number of benzene rings is 2. The molecule has 0 saturated carbocycles. The van der Waals surface area contributed by atoms with Gasteiger partial charge in [-0.3, -0.25) is 4.79 Å². The van der Waals surface area contributed by atoms with Crippen LogP contribution in [0.1, 0.15) is 10.4 Å². The quantitative estimate of drug-likeness (QED) is 0.469. The minimum Gasteiger partial charge on any atom is -0.298 e. The van der Waals surface area contributed by atoms with E-state index in [1.807, 2.05) is 36.4 Å². The highest BCUT2D eigenvalue weighted by atomic mass is 127. The van der Waals surface area contributed by atoms with E-state index in [0.717, 1.165) is 21.1 Å². The summed E-state index contributed by atoms with van der Waals surface area (Å²) in [5.74, 6) is 0. The lowest BCUT2D eigenvalue weighted by molar-refractivity contribution is 0.112. The first kappa shape index (κ1) is 14.3. The number of halogens is 2. The molecule has 3 aromatic rings. The summed E-state index contributed by atoms with van der Waals surface area (Å²) in [4.78, 5) is 11.3. The number of carbonyl (C=O) groups excluding carboxylic acids is 1. The summed E-state index contributed by atoms with van der Waals surface area (Å²) in [7, 11) is 0. The highest BCUT2D eigenvalue weighted by molar-refractivity contribution is 14.1. The van der Waals surface area contributed by atoms with Crippen LogP contribution in [0.5, 0.6) is 0 Å². The normalized spacial score (nSPS) is 10.6. The van der Waals surface area contributed by atoms with Crippen LogP contribution in [0.3, 0.4) is 0 Å². The smallest absolute Gasteiger partial charge is 0.153 e. The molecule has 5 heteroatoms. The van der Waals surface area contributed by atoms with Crippen LogP contribution in [0.15, 0.2) is 54.7 Å². The van der Waals surface area contributed by atoms with Gasteiger partial charge in [-0.05, 0) is 59.0 Å². The largest absolute Gasteiger partial charge is 0.298 e. The predicted molar refractivity (Wildman–Crippen MR) is 92.1 cm³/mol. The Morgan fingerprint density at radius 3 is 2.33 bits per heavy atom. The summed E-state index contributed by atoms with van der Waals surface area (Å²) < 4.78 is 2.83. The van der Waals surface area contributed by atoms with Crippen molar-refractivity contribution in [1.29, 1.82) is 0 Å². The second-order valence-electron chi connectivity index (χ2n) is 4.48. The van der Waals surface area contributed by atoms with Crippen LogP contribution in [0.4, 0.5) is 0 Å². The topological polar surface area (TPSA) is 34.9 Å². The van der Waals surface area contributed by atoms with Crippen molar-refractivity contribution in [2.75, 3.05) is 0 Å². The molecular formula is C16H10ClIN2O. The van der Waals surface area contributed by atoms with Crippen molar-refractivity contribution < 1.29 is 4.79 Å². The lowest BCUT2D eigenvalue weighted by Crippen LogP contribution is -1.94. The Morgan fingerprint density at radius 2 is 1.71 bits per heavy atom. The third kappa shape index (κ3) is 3.01. The van der Waals surface area contributed by atoms with Gasteiger partial charge >= 0.3 is 0 Å². The average Bonchev–Trinajstić information content (AvgIpc) is 2.93. The standard InChI is InChI=1S/C16H10ClIN2O/c17-13-3-7-15(8-4-13)20-9-12(10-21)16(19-20)11-1-5-14(18)6-2-11/h1-10H. The fourth-order valence-electron chi connectivity index (χ4n) is 2.03. The molecule has 3 rings (SSSR count). The number of rotatable bonds is 3. The van der Waals surface area contributed by atoms with Crippen molar-refractivity contribution >= 4 is 40.5 Å². The molecule has 2 aromatic carbocycles. The van der Waals surface area contributed by atoms with Gasteiger partial charge in [-0.15, -0.1) is 0 Å². The summed E-state index contributed by atoms with van der Waals surface area (Å²) in [5, 5.41) is 5.19. The summed E-state index contributed by atoms with van der Waals surface area (Å²) in [5.41, 5.74) is 3.02. The number of hydrogen-bond donors (Lipinski definition) is 0. The molecular weight excluding hydrogens is 399 g/mol. The molecule has 0 saturated heterocycles. The molecule has 104 valence electrons. The first-order valence-electron chi connectivity index (χ1n) is 6.24. The summed E-state index contributed by atoms with van der Waals surface area (Å²) in [6.45, 7) is 0. The third-order valence-electron chi connectivity index (χ3n) is 3.08. The first-order chi connectivity index (χ1) is 10.2. The van der Waals surface area contributed by atoms with Crippen LogP contribution in [0.2, 0.25) is 5.02 Å². The van der Waals surface area contributed by atoms with E-state index in [0.29, 0.717) is 16.3 Å². The molecule has 0 spiro atoms. The van der Waals surface area contributed by atoms with Crippen LogP contribution in [0.25, 0.3) is 16.9 Å². The van der Waals surface area contributed by atoms with Gasteiger partial charge in [0.05, 0.1) is 11.3 Å². The molecule has 0 amide bonds. The van der Waals surface area contributed by atoms with Crippen LogP contribution in [0, 0.1) is 3.57 Å². The Morgan fingerprint density at radius 1 is 1.05 bits per heavy atom. The highest BCUT2D eigenvalue weighted by Gasteiger charge is 2.11. The van der Waals surface area contributed by atoms with Crippen molar-refractivity contribution in [3.63, 3.8) is 0 Å². The van der Waals surface area contributed by atoms with E-state index in [4.69, 9.17) is 11.6 Å². The van der Waals surface area contributed by atoms with Crippen molar-refractivity contribution in [3.05, 3.63) is 68.9 Å². The van der Waals surface area contributed by atoms with Gasteiger partial charge in [-0.25, -0.2) is 4.68 Å². The van der Waals surface area contributed by atoms with Gasteiger partial charge in [-0.2, -0.15) is 5.10 Å². The van der Waals surface area contributed by atoms with Crippen molar-refractivity contribution in [2.24, 2.45) is 0 Å². The van der Waals surface area contributed by atoms with E-state index in [9.17, 15) is 4.79 Å². The zero-order valence-corrected chi connectivity index (χ0v) is 13.7. The molecule has 0 atom stereocenters. The molecule has 0 radical (unpaired) electrons. The van der Waals surface area contributed by atoms with Gasteiger partial charge in [-0.1, -0.05) is 23.7 Å². The SMILES string of the molecule is O=Cc1cn(-c2ccc(Cl)cc2)nc1-c1ccc(I)cc1. The number of carbonyl (C=O) groups is 1. The van der Waals surface area contributed by atoms with Gasteiger partial charge in [0, 0.05) is 20.4 Å². The molecule has 1 heterocycles. The molecule has 0 bridgehead atoms. The second kappa shape index (κ2) is 5.99. The summed E-state index contributed by atoms with van der Waals surface area (Å²) in [6.07, 6.45) is 2.55. The van der Waals surface area contributed by atoms with E-state index in [1.165, 1.54) is 0 Å². The summed E-state index contributed by atoms with van der Waals surface area (Å²) >= 11 is 8.13. The zero-order valence-electron chi connectivity index (χ0n) is 10.8. The minimum absolute atomic E-state index is 0.561. The molecule has 1 aromatic heterocycles. The molecule has 21 heavy (non-hydrogen) atoms. The molecule has 3 nitrogen and oxygen atoms in total. The zero-order chi connectivity index (χ0) is 14.8. The lowest BCUT2D eigenvalue weighted by Gasteiger charge is -2.01. The number of aromatic nitrogens is 2. The molecule has 0 unspecified atom stereocenters. The monoisotopic (exact) mass is 408 g/mol. The van der Waals surface area contributed by atoms with E-state index < -0.39 is 0 Å². The van der Waals surface area contributed by atoms with Crippen LogP contribution in [-0.4, -0.2) is 16.1 Å². The Hall–Kier alpha value is -1.66. The van der Waals surface area contributed by atoms with Crippen LogP contribution >= 0.6 is 34.2 Å². The highest BCUT2D eigenvalue weighted by Crippen LogP contribution is 2.24. The number of aldehydes is 1. The molecule has 0 fully saturated rings. The average molecular weight is 409 g/mol. The fraction of sp³-hybridized carbons (Fsp3) is 0. The van der Waals surface area contributed by atoms with Crippen LogP contribution in [-0.2, 0) is 0 Å².